The number of likely N-dealkylation sites (N-methyl/N-ethyl adjacent to an activating group) is 1. The Kier molecular flexibility index (Phi) is 4.50. The Hall–Kier alpha value is -1.39. The van der Waals surface area contributed by atoms with Crippen molar-refractivity contribution in [3.05, 3.63) is 35.9 Å². The van der Waals surface area contributed by atoms with E-state index in [9.17, 15) is 9.90 Å². The van der Waals surface area contributed by atoms with Crippen LogP contribution in [-0.4, -0.2) is 53.1 Å². The molecule has 3 rings (SSSR count). The van der Waals surface area contributed by atoms with Crippen LogP contribution in [-0.2, 0) is 4.79 Å². The third-order valence-electron chi connectivity index (χ3n) is 5.10. The number of rotatable bonds is 3. The third-order valence-corrected chi connectivity index (χ3v) is 5.10. The third kappa shape index (κ3) is 3.33. The van der Waals surface area contributed by atoms with Gasteiger partial charge in [-0.05, 0) is 25.5 Å². The minimum absolute atomic E-state index is 0.0949. The van der Waals surface area contributed by atoms with Gasteiger partial charge in [-0.25, -0.2) is 0 Å². The van der Waals surface area contributed by atoms with Gasteiger partial charge in [-0.1, -0.05) is 43.2 Å². The first kappa shape index (κ1) is 15.5. The molecule has 1 saturated heterocycles. The Bertz CT molecular complexity index is 511. The molecule has 1 heterocycles. The van der Waals surface area contributed by atoms with E-state index >= 15 is 0 Å². The summed E-state index contributed by atoms with van der Waals surface area (Å²) in [5.41, 5.74) is 0.419. The summed E-state index contributed by atoms with van der Waals surface area (Å²) in [6.07, 6.45) is 3.88. The predicted molar refractivity (Wildman–Crippen MR) is 86.4 cm³/mol. The number of nitrogens with zero attached hydrogens (tertiary/aromatic N) is 2. The van der Waals surface area contributed by atoms with E-state index < -0.39 is 5.60 Å². The fourth-order valence-corrected chi connectivity index (χ4v) is 3.77. The molecule has 120 valence electrons. The van der Waals surface area contributed by atoms with Crippen molar-refractivity contribution in [2.45, 2.75) is 43.7 Å². The number of hydrogen-bond acceptors (Lipinski definition) is 3. The molecule has 0 aromatic heterocycles. The summed E-state index contributed by atoms with van der Waals surface area (Å²) in [5.74, 6) is 0.103. The molecule has 1 N–H and O–H groups in total. The van der Waals surface area contributed by atoms with Crippen molar-refractivity contribution in [2.24, 2.45) is 0 Å². The fourth-order valence-electron chi connectivity index (χ4n) is 3.77. The minimum atomic E-state index is -0.762. The lowest BCUT2D eigenvalue weighted by atomic mass is 9.95. The highest BCUT2D eigenvalue weighted by atomic mass is 16.3. The van der Waals surface area contributed by atoms with E-state index in [-0.39, 0.29) is 18.4 Å². The molecule has 1 aliphatic carbocycles. The van der Waals surface area contributed by atoms with Crippen LogP contribution in [0.2, 0.25) is 0 Å². The van der Waals surface area contributed by atoms with Crippen molar-refractivity contribution in [2.75, 3.05) is 26.7 Å². The summed E-state index contributed by atoms with van der Waals surface area (Å²) in [5, 5.41) is 10.5. The monoisotopic (exact) mass is 302 g/mol. The van der Waals surface area contributed by atoms with Gasteiger partial charge in [-0.2, -0.15) is 0 Å². The van der Waals surface area contributed by atoms with Gasteiger partial charge in [0.05, 0.1) is 18.1 Å². The number of aliphatic hydroxyl groups is 1. The SMILES string of the molecule is CN1CCN(C(=O)CC2(O)CCCC2)C(c2ccccc2)C1. The maximum absolute atomic E-state index is 12.8. The Balaban J connectivity index is 1.76. The summed E-state index contributed by atoms with van der Waals surface area (Å²) < 4.78 is 0. The van der Waals surface area contributed by atoms with Gasteiger partial charge in [0, 0.05) is 19.6 Å². The first-order valence-corrected chi connectivity index (χ1v) is 8.33. The molecule has 4 heteroatoms. The average Bonchev–Trinajstić information content (AvgIpc) is 2.94. The van der Waals surface area contributed by atoms with Crippen molar-refractivity contribution in [3.63, 3.8) is 0 Å². The molecule has 1 unspecified atom stereocenters. The number of piperazine rings is 1. The van der Waals surface area contributed by atoms with Crippen LogP contribution in [0.4, 0.5) is 0 Å². The first-order chi connectivity index (χ1) is 10.6. The van der Waals surface area contributed by atoms with Crippen molar-refractivity contribution in [1.29, 1.82) is 0 Å². The van der Waals surface area contributed by atoms with Crippen LogP contribution in [0.5, 0.6) is 0 Å². The smallest absolute Gasteiger partial charge is 0.226 e. The Labute approximate surface area is 132 Å². The molecule has 4 nitrogen and oxygen atoms in total. The molecule has 1 atom stereocenters. The van der Waals surface area contributed by atoms with Crippen LogP contribution >= 0.6 is 0 Å². The summed E-state index contributed by atoms with van der Waals surface area (Å²) >= 11 is 0. The van der Waals surface area contributed by atoms with E-state index in [4.69, 9.17) is 0 Å². The molecule has 0 bridgehead atoms. The zero-order valence-corrected chi connectivity index (χ0v) is 13.4. The molecule has 1 amide bonds. The van der Waals surface area contributed by atoms with Crippen molar-refractivity contribution >= 4 is 5.91 Å². The van der Waals surface area contributed by atoms with Gasteiger partial charge >= 0.3 is 0 Å². The van der Waals surface area contributed by atoms with Gasteiger partial charge in [0.2, 0.25) is 5.91 Å². The molecule has 1 aromatic carbocycles. The highest BCUT2D eigenvalue weighted by molar-refractivity contribution is 5.78. The lowest BCUT2D eigenvalue weighted by Gasteiger charge is -2.41. The fraction of sp³-hybridized carbons (Fsp3) is 0.611. The average molecular weight is 302 g/mol. The molecular weight excluding hydrogens is 276 g/mol. The van der Waals surface area contributed by atoms with E-state index in [1.165, 1.54) is 5.56 Å². The maximum atomic E-state index is 12.8. The topological polar surface area (TPSA) is 43.8 Å². The molecule has 22 heavy (non-hydrogen) atoms. The number of hydrogen-bond donors (Lipinski definition) is 1. The molecule has 2 fully saturated rings. The van der Waals surface area contributed by atoms with Gasteiger partial charge in [-0.15, -0.1) is 0 Å². The van der Waals surface area contributed by atoms with Gasteiger partial charge in [0.25, 0.3) is 0 Å². The molecule has 1 saturated carbocycles. The zero-order chi connectivity index (χ0) is 15.6. The van der Waals surface area contributed by atoms with Crippen LogP contribution in [0, 0.1) is 0 Å². The molecule has 0 spiro atoms. The van der Waals surface area contributed by atoms with Gasteiger partial charge in [-0.3, -0.25) is 4.79 Å². The quantitative estimate of drug-likeness (QED) is 0.931. The summed E-state index contributed by atoms with van der Waals surface area (Å²) in [4.78, 5) is 17.0. The Morgan fingerprint density at radius 3 is 2.59 bits per heavy atom. The van der Waals surface area contributed by atoms with E-state index in [2.05, 4.69) is 24.1 Å². The van der Waals surface area contributed by atoms with Gasteiger partial charge in [0.15, 0.2) is 0 Å². The van der Waals surface area contributed by atoms with Gasteiger partial charge < -0.3 is 14.9 Å². The maximum Gasteiger partial charge on any atom is 0.226 e. The summed E-state index contributed by atoms with van der Waals surface area (Å²) in [7, 11) is 2.10. The molecule has 1 aromatic rings. The van der Waals surface area contributed by atoms with Crippen molar-refractivity contribution < 1.29 is 9.90 Å². The highest BCUT2D eigenvalue weighted by Crippen LogP contribution is 2.34. The lowest BCUT2D eigenvalue weighted by Crippen LogP contribution is -2.50. The van der Waals surface area contributed by atoms with Gasteiger partial charge in [0.1, 0.15) is 0 Å². The molecule has 0 radical (unpaired) electrons. The van der Waals surface area contributed by atoms with E-state index in [0.29, 0.717) is 0 Å². The normalized spacial score (nSPS) is 25.4. The number of benzene rings is 1. The summed E-state index contributed by atoms with van der Waals surface area (Å²) in [6, 6.07) is 10.3. The van der Waals surface area contributed by atoms with E-state index in [1.807, 2.05) is 23.1 Å². The standard InChI is InChI=1S/C18H26N2O2/c1-19-11-12-20(16(14-19)15-7-3-2-4-8-15)17(21)13-18(22)9-5-6-10-18/h2-4,7-8,16,22H,5-6,9-14H2,1H3. The number of amides is 1. The van der Waals surface area contributed by atoms with Crippen LogP contribution in [0.3, 0.4) is 0 Å². The van der Waals surface area contributed by atoms with E-state index in [0.717, 1.165) is 45.3 Å². The molecule has 1 aliphatic heterocycles. The molecular formula is C18H26N2O2. The first-order valence-electron chi connectivity index (χ1n) is 8.33. The second-order valence-corrected chi connectivity index (χ2v) is 6.88. The van der Waals surface area contributed by atoms with Crippen LogP contribution in [0.15, 0.2) is 30.3 Å². The van der Waals surface area contributed by atoms with Crippen molar-refractivity contribution in [3.8, 4) is 0 Å². The second kappa shape index (κ2) is 6.39. The number of carbonyl (C=O) groups excluding carboxylic acids is 1. The molecule has 2 aliphatic rings. The predicted octanol–water partition coefficient (Wildman–Crippen LogP) is 2.20. The second-order valence-electron chi connectivity index (χ2n) is 6.88. The van der Waals surface area contributed by atoms with Crippen LogP contribution in [0.25, 0.3) is 0 Å². The zero-order valence-electron chi connectivity index (χ0n) is 13.4. The highest BCUT2D eigenvalue weighted by Gasteiger charge is 2.37. The summed E-state index contributed by atoms with van der Waals surface area (Å²) in [6.45, 7) is 2.49. The number of carbonyl (C=O) groups is 1. The Morgan fingerprint density at radius 2 is 1.91 bits per heavy atom. The van der Waals surface area contributed by atoms with E-state index in [1.54, 1.807) is 0 Å². The minimum Gasteiger partial charge on any atom is -0.389 e. The Morgan fingerprint density at radius 1 is 1.23 bits per heavy atom. The van der Waals surface area contributed by atoms with Crippen LogP contribution in [0.1, 0.15) is 43.7 Å². The largest absolute Gasteiger partial charge is 0.389 e. The van der Waals surface area contributed by atoms with Crippen LogP contribution < -0.4 is 0 Å². The van der Waals surface area contributed by atoms with Crippen molar-refractivity contribution in [1.82, 2.24) is 9.80 Å². The lowest BCUT2D eigenvalue weighted by molar-refractivity contribution is -0.141.